The summed E-state index contributed by atoms with van der Waals surface area (Å²) in [5, 5.41) is 0. The van der Waals surface area contributed by atoms with Crippen LogP contribution in [0.3, 0.4) is 0 Å². The third-order valence-electron chi connectivity index (χ3n) is 6.43. The van der Waals surface area contributed by atoms with Crippen molar-refractivity contribution < 1.29 is 14.4 Å². The van der Waals surface area contributed by atoms with E-state index in [0.29, 0.717) is 31.6 Å². The maximum absolute atomic E-state index is 11.9. The van der Waals surface area contributed by atoms with Crippen molar-refractivity contribution in [2.75, 3.05) is 13.2 Å². The van der Waals surface area contributed by atoms with Crippen LogP contribution in [-0.4, -0.2) is 25.2 Å². The molecule has 0 bridgehead atoms. The van der Waals surface area contributed by atoms with E-state index in [1.165, 1.54) is 31.2 Å². The van der Waals surface area contributed by atoms with Gasteiger partial charge in [0, 0.05) is 18.4 Å². The summed E-state index contributed by atoms with van der Waals surface area (Å²) in [5.41, 5.74) is 4.53. The summed E-state index contributed by atoms with van der Waals surface area (Å²) in [5.74, 6) is 0.480. The zero-order valence-corrected chi connectivity index (χ0v) is 22.5. The van der Waals surface area contributed by atoms with E-state index in [2.05, 4.69) is 73.1 Å². The first-order chi connectivity index (χ1) is 17.8. The summed E-state index contributed by atoms with van der Waals surface area (Å²) < 4.78 is 5.35. The Morgan fingerprint density at radius 2 is 1.50 bits per heavy atom. The summed E-state index contributed by atoms with van der Waals surface area (Å²) in [6, 6.07) is 11.0. The molecule has 2 atom stereocenters. The molecule has 4 heteroatoms. The van der Waals surface area contributed by atoms with E-state index in [-0.39, 0.29) is 5.97 Å². The number of carbonyl (C=O) groups excluding carboxylic acids is 1. The molecule has 0 spiro atoms. The van der Waals surface area contributed by atoms with Gasteiger partial charge in [0.05, 0.1) is 13.2 Å². The molecule has 0 unspecified atom stereocenters. The van der Waals surface area contributed by atoms with E-state index in [9.17, 15) is 4.79 Å². The highest BCUT2D eigenvalue weighted by Gasteiger charge is 2.38. The number of ether oxygens (including phenoxy) is 1. The van der Waals surface area contributed by atoms with Crippen LogP contribution < -0.4 is 5.48 Å². The monoisotopic (exact) mass is 495 g/mol. The first-order valence-electron chi connectivity index (χ1n) is 14.3. The zero-order valence-electron chi connectivity index (χ0n) is 22.5. The van der Waals surface area contributed by atoms with Crippen LogP contribution in [0.15, 0.2) is 66.8 Å². The molecular weight excluding hydrogens is 446 g/mol. The third kappa shape index (κ3) is 15.7. The zero-order chi connectivity index (χ0) is 25.5. The van der Waals surface area contributed by atoms with E-state index in [4.69, 9.17) is 9.57 Å². The molecule has 1 N–H and O–H groups in total. The van der Waals surface area contributed by atoms with Gasteiger partial charge in [-0.05, 0) is 76.2 Å². The van der Waals surface area contributed by atoms with Gasteiger partial charge in [0.1, 0.15) is 0 Å². The number of hydrogen-bond acceptors (Lipinski definition) is 4. The Bertz CT molecular complexity index is 756. The number of rotatable bonds is 22. The topological polar surface area (TPSA) is 47.6 Å². The van der Waals surface area contributed by atoms with Crippen molar-refractivity contribution >= 4 is 5.97 Å². The first kappa shape index (κ1) is 30.1. The molecule has 0 aromatic heterocycles. The fourth-order valence-corrected chi connectivity index (χ4v) is 4.09. The predicted molar refractivity (Wildman–Crippen MR) is 151 cm³/mol. The third-order valence-corrected chi connectivity index (χ3v) is 6.43. The second-order valence-corrected chi connectivity index (χ2v) is 9.73. The quantitative estimate of drug-likeness (QED) is 0.0759. The van der Waals surface area contributed by atoms with Crippen LogP contribution in [0.1, 0.15) is 108 Å². The minimum atomic E-state index is -0.0863. The van der Waals surface area contributed by atoms with E-state index >= 15 is 0 Å². The van der Waals surface area contributed by atoms with Crippen molar-refractivity contribution in [3.63, 3.8) is 0 Å². The number of hydrogen-bond donors (Lipinski definition) is 1. The molecule has 1 aliphatic carbocycles. The lowest BCUT2D eigenvalue weighted by molar-refractivity contribution is -0.144. The van der Waals surface area contributed by atoms with Gasteiger partial charge in [0.15, 0.2) is 0 Å². The average Bonchev–Trinajstić information content (AvgIpc) is 3.68. The molecule has 1 aliphatic rings. The number of unbranched alkanes of at least 4 members (excludes halogenated alkanes) is 7. The summed E-state index contributed by atoms with van der Waals surface area (Å²) in [4.78, 5) is 17.4. The molecule has 0 aliphatic heterocycles. The summed E-state index contributed by atoms with van der Waals surface area (Å²) in [6.45, 7) is 3.41. The molecule has 200 valence electrons. The van der Waals surface area contributed by atoms with Gasteiger partial charge in [-0.15, -0.1) is 0 Å². The fraction of sp³-hybridized carbons (Fsp3) is 0.594. The molecule has 1 aromatic rings. The standard InChI is InChI=1S/C32H49NO3/c1-2-3-4-5-6-7-8-9-10-11-12-13-14-15-16-21-26-35-32(34)25-20-22-27-36-33-31-28-30(31)29-23-18-17-19-24-29/h6-7,9-10,12-13,17-19,23-24,30-31,33H,2-5,8,11,14-16,20-22,25-28H2,1H3/b7-6-,10-9-,13-12-/t30-,31+/m0/s1. The average molecular weight is 496 g/mol. The number of benzene rings is 1. The SMILES string of the molecule is CCCCC/C=C\C/C=C\C/C=C\CCCCCOC(=O)CCCCON[C@@H]1C[C@H]1c1ccccc1. The summed E-state index contributed by atoms with van der Waals surface area (Å²) in [6.07, 6.45) is 28.3. The molecule has 0 radical (unpaired) electrons. The number of hydroxylamine groups is 1. The van der Waals surface area contributed by atoms with Gasteiger partial charge in [0.2, 0.25) is 0 Å². The highest BCUT2D eigenvalue weighted by molar-refractivity contribution is 5.69. The maximum Gasteiger partial charge on any atom is 0.305 e. The van der Waals surface area contributed by atoms with Crippen molar-refractivity contribution in [1.29, 1.82) is 0 Å². The number of allylic oxidation sites excluding steroid dienone is 6. The van der Waals surface area contributed by atoms with Gasteiger partial charge in [-0.3, -0.25) is 4.79 Å². The number of nitrogens with one attached hydrogen (secondary N) is 1. The Balaban J connectivity index is 1.29. The normalized spacial score (nSPS) is 17.5. The molecule has 0 heterocycles. The second kappa shape index (κ2) is 21.0. The lowest BCUT2D eigenvalue weighted by atomic mass is 10.1. The molecule has 36 heavy (non-hydrogen) atoms. The van der Waals surface area contributed by atoms with E-state index < -0.39 is 0 Å². The molecule has 0 saturated heterocycles. The predicted octanol–water partition coefficient (Wildman–Crippen LogP) is 8.37. The second-order valence-electron chi connectivity index (χ2n) is 9.73. The van der Waals surface area contributed by atoms with Gasteiger partial charge in [-0.25, -0.2) is 0 Å². The molecule has 2 rings (SSSR count). The highest BCUT2D eigenvalue weighted by Crippen LogP contribution is 2.40. The van der Waals surface area contributed by atoms with Crippen LogP contribution in [-0.2, 0) is 14.4 Å². The Morgan fingerprint density at radius 1 is 0.833 bits per heavy atom. The largest absolute Gasteiger partial charge is 0.466 e. The van der Waals surface area contributed by atoms with E-state index in [1.807, 2.05) is 6.07 Å². The van der Waals surface area contributed by atoms with Crippen molar-refractivity contribution in [3.05, 3.63) is 72.4 Å². The molecule has 1 fully saturated rings. The number of carbonyl (C=O) groups is 1. The fourth-order valence-electron chi connectivity index (χ4n) is 4.09. The van der Waals surface area contributed by atoms with Crippen molar-refractivity contribution in [1.82, 2.24) is 5.48 Å². The van der Waals surface area contributed by atoms with Crippen LogP contribution >= 0.6 is 0 Å². The van der Waals surface area contributed by atoms with Gasteiger partial charge >= 0.3 is 5.97 Å². The van der Waals surface area contributed by atoms with Crippen molar-refractivity contribution in [3.8, 4) is 0 Å². The molecule has 1 saturated carbocycles. The maximum atomic E-state index is 11.9. The highest BCUT2D eigenvalue weighted by atomic mass is 16.6. The van der Waals surface area contributed by atoms with Crippen LogP contribution in [0.5, 0.6) is 0 Å². The van der Waals surface area contributed by atoms with Crippen LogP contribution in [0, 0.1) is 0 Å². The Labute approximate surface area is 220 Å². The van der Waals surface area contributed by atoms with Crippen LogP contribution in [0.4, 0.5) is 0 Å². The van der Waals surface area contributed by atoms with Crippen molar-refractivity contribution in [2.24, 2.45) is 0 Å². The van der Waals surface area contributed by atoms with E-state index in [0.717, 1.165) is 57.8 Å². The lowest BCUT2D eigenvalue weighted by Crippen LogP contribution is -2.19. The van der Waals surface area contributed by atoms with Crippen LogP contribution in [0.2, 0.25) is 0 Å². The molecule has 0 amide bonds. The molecular formula is C32H49NO3. The minimum Gasteiger partial charge on any atom is -0.466 e. The lowest BCUT2D eigenvalue weighted by Gasteiger charge is -2.06. The van der Waals surface area contributed by atoms with Gasteiger partial charge in [0.25, 0.3) is 0 Å². The minimum absolute atomic E-state index is 0.0863. The van der Waals surface area contributed by atoms with Crippen LogP contribution in [0.25, 0.3) is 0 Å². The van der Waals surface area contributed by atoms with Crippen molar-refractivity contribution in [2.45, 2.75) is 109 Å². The summed E-state index contributed by atoms with van der Waals surface area (Å²) >= 11 is 0. The van der Waals surface area contributed by atoms with Gasteiger partial charge in [-0.2, -0.15) is 5.48 Å². The molecule has 4 nitrogen and oxygen atoms in total. The van der Waals surface area contributed by atoms with Gasteiger partial charge in [-0.1, -0.05) is 86.6 Å². The Hall–Kier alpha value is -2.17. The smallest absolute Gasteiger partial charge is 0.305 e. The Morgan fingerprint density at radius 3 is 2.22 bits per heavy atom. The Kier molecular flexibility index (Phi) is 17.5. The summed E-state index contributed by atoms with van der Waals surface area (Å²) in [7, 11) is 0. The number of esters is 1. The molecule has 1 aromatic carbocycles. The van der Waals surface area contributed by atoms with E-state index in [1.54, 1.807) is 0 Å². The van der Waals surface area contributed by atoms with Gasteiger partial charge < -0.3 is 9.57 Å². The first-order valence-corrected chi connectivity index (χ1v) is 14.3.